The van der Waals surface area contributed by atoms with Gasteiger partial charge in [0.25, 0.3) is 11.8 Å². The monoisotopic (exact) mass is 576 g/mol. The Morgan fingerprint density at radius 1 is 1.05 bits per heavy atom. The van der Waals surface area contributed by atoms with Gasteiger partial charge in [0.1, 0.15) is 11.3 Å². The van der Waals surface area contributed by atoms with Crippen LogP contribution >= 0.6 is 23.2 Å². The third-order valence-electron chi connectivity index (χ3n) is 6.43. The molecule has 0 aliphatic rings. The molecule has 6 nitrogen and oxygen atoms in total. The number of amides is 2. The van der Waals surface area contributed by atoms with Gasteiger partial charge in [-0.25, -0.2) is 4.98 Å². The topological polar surface area (TPSA) is 78.1 Å². The number of carbonyl (C=O) groups excluding carboxylic acids is 2. The average molecular weight is 577 g/mol. The number of aromatic amines is 1. The van der Waals surface area contributed by atoms with Crippen molar-refractivity contribution in [3.05, 3.63) is 87.7 Å². The minimum atomic E-state index is -4.72. The number of alkyl halides is 4. The van der Waals surface area contributed by atoms with Crippen molar-refractivity contribution < 1.29 is 22.8 Å². The minimum Gasteiger partial charge on any atom is -0.341 e. The van der Waals surface area contributed by atoms with E-state index in [1.165, 1.54) is 29.2 Å². The summed E-state index contributed by atoms with van der Waals surface area (Å²) in [6.45, 7) is 5.52. The third-order valence-corrected chi connectivity index (χ3v) is 7.51. The van der Waals surface area contributed by atoms with E-state index in [0.717, 1.165) is 12.1 Å². The number of anilines is 2. The maximum Gasteiger partial charge on any atom is 0.417 e. The number of nitrogens with one attached hydrogen (secondary N) is 2. The summed E-state index contributed by atoms with van der Waals surface area (Å²) in [5.41, 5.74) is 0.0342. The zero-order chi connectivity index (χ0) is 28.7. The number of rotatable bonds is 6. The fraction of sp³-hybridized carbons (Fsp3) is 0.250. The third kappa shape index (κ3) is 5.60. The fourth-order valence-corrected chi connectivity index (χ4v) is 4.41. The van der Waals surface area contributed by atoms with Gasteiger partial charge in [0, 0.05) is 34.7 Å². The van der Waals surface area contributed by atoms with Crippen LogP contribution in [0.15, 0.2) is 54.6 Å². The molecule has 4 rings (SSSR count). The average Bonchev–Trinajstić information content (AvgIpc) is 3.33. The first kappa shape index (κ1) is 28.4. The van der Waals surface area contributed by atoms with Gasteiger partial charge in [-0.05, 0) is 48.9 Å². The van der Waals surface area contributed by atoms with Crippen molar-refractivity contribution in [1.29, 1.82) is 0 Å². The van der Waals surface area contributed by atoms with E-state index in [2.05, 4.69) is 15.3 Å². The van der Waals surface area contributed by atoms with Gasteiger partial charge in [0.2, 0.25) is 0 Å². The van der Waals surface area contributed by atoms with Crippen molar-refractivity contribution in [3.8, 4) is 0 Å². The lowest BCUT2D eigenvalue weighted by molar-refractivity contribution is -0.137. The molecule has 2 N–H and O–H groups in total. The summed E-state index contributed by atoms with van der Waals surface area (Å²) < 4.78 is 40.6. The highest BCUT2D eigenvalue weighted by atomic mass is 35.5. The van der Waals surface area contributed by atoms with Crippen LogP contribution in [0.5, 0.6) is 0 Å². The number of imidazole rings is 1. The Balaban J connectivity index is 1.83. The summed E-state index contributed by atoms with van der Waals surface area (Å²) in [4.78, 5) is 36.0. The van der Waals surface area contributed by atoms with E-state index < -0.39 is 34.5 Å². The number of fused-ring (bicyclic) bond motifs is 1. The first-order valence-electron chi connectivity index (χ1n) is 11.9. The van der Waals surface area contributed by atoms with Crippen LogP contribution in [0.1, 0.15) is 51.5 Å². The summed E-state index contributed by atoms with van der Waals surface area (Å²) in [5.74, 6) is -0.691. The molecule has 0 spiro atoms. The number of halogens is 5. The molecule has 0 aliphatic carbocycles. The van der Waals surface area contributed by atoms with E-state index >= 15 is 0 Å². The number of nitrogens with zero attached hydrogens (tertiary/aromatic N) is 2. The van der Waals surface area contributed by atoms with Crippen molar-refractivity contribution in [2.45, 2.75) is 32.4 Å². The molecule has 0 saturated carbocycles. The van der Waals surface area contributed by atoms with Crippen LogP contribution in [0.3, 0.4) is 0 Å². The fourth-order valence-electron chi connectivity index (χ4n) is 4.11. The Kier molecular flexibility index (Phi) is 7.69. The summed E-state index contributed by atoms with van der Waals surface area (Å²) in [7, 11) is 1.58. The number of hydrogen-bond donors (Lipinski definition) is 2. The number of carbonyl (C=O) groups is 2. The molecule has 39 heavy (non-hydrogen) atoms. The smallest absolute Gasteiger partial charge is 0.341 e. The van der Waals surface area contributed by atoms with Gasteiger partial charge in [0.15, 0.2) is 0 Å². The molecule has 3 aromatic carbocycles. The van der Waals surface area contributed by atoms with E-state index in [9.17, 15) is 22.8 Å². The number of H-pyrrole nitrogens is 1. The van der Waals surface area contributed by atoms with Crippen molar-refractivity contribution in [1.82, 2.24) is 9.97 Å². The molecule has 0 saturated heterocycles. The first-order valence-corrected chi connectivity index (χ1v) is 12.8. The SMILES string of the molecule is Cc1c(Cl)cccc1N(C)C(=O)c1cc(NC(=O)c2ccccc2C(F)(F)F)cc2[nH]c(C(C)(C)CCl)nc12. The van der Waals surface area contributed by atoms with E-state index in [1.807, 2.05) is 13.8 Å². The normalized spacial score (nSPS) is 12.0. The molecule has 4 aromatic rings. The molecule has 0 radical (unpaired) electrons. The van der Waals surface area contributed by atoms with Crippen molar-refractivity contribution in [2.24, 2.45) is 0 Å². The van der Waals surface area contributed by atoms with Crippen LogP contribution in [0.2, 0.25) is 5.02 Å². The van der Waals surface area contributed by atoms with Crippen LogP contribution < -0.4 is 10.2 Å². The Morgan fingerprint density at radius 2 is 1.74 bits per heavy atom. The van der Waals surface area contributed by atoms with E-state index in [0.29, 0.717) is 33.1 Å². The Bertz CT molecular complexity index is 1580. The van der Waals surface area contributed by atoms with Gasteiger partial charge in [-0.2, -0.15) is 13.2 Å². The predicted molar refractivity (Wildman–Crippen MR) is 148 cm³/mol. The summed E-state index contributed by atoms with van der Waals surface area (Å²) >= 11 is 12.4. The summed E-state index contributed by atoms with van der Waals surface area (Å²) in [5, 5.41) is 2.99. The Labute approximate surface area is 233 Å². The lowest BCUT2D eigenvalue weighted by Crippen LogP contribution is -2.27. The zero-order valence-corrected chi connectivity index (χ0v) is 23.0. The highest BCUT2D eigenvalue weighted by molar-refractivity contribution is 6.32. The van der Waals surface area contributed by atoms with Gasteiger partial charge < -0.3 is 15.2 Å². The van der Waals surface area contributed by atoms with Crippen LogP contribution in [-0.4, -0.2) is 34.7 Å². The standard InChI is InChI=1S/C28H25Cl2F3N4O2/c1-15-20(30)10-7-11-22(15)37(4)25(39)18-12-16(13-21-23(18)36-26(35-21)27(2,3)14-29)34-24(38)17-8-5-6-9-19(17)28(31,32)33/h5-13H,14H2,1-4H3,(H,34,38)(H,35,36). The van der Waals surface area contributed by atoms with Gasteiger partial charge in [-0.15, -0.1) is 11.6 Å². The maximum absolute atomic E-state index is 13.8. The second-order valence-corrected chi connectivity index (χ2v) is 10.4. The van der Waals surface area contributed by atoms with E-state index in [-0.39, 0.29) is 17.1 Å². The highest BCUT2D eigenvalue weighted by Gasteiger charge is 2.35. The molecule has 1 heterocycles. The van der Waals surface area contributed by atoms with Crippen molar-refractivity contribution >= 4 is 57.4 Å². The van der Waals surface area contributed by atoms with Crippen LogP contribution in [0.4, 0.5) is 24.5 Å². The Morgan fingerprint density at radius 3 is 2.41 bits per heavy atom. The minimum absolute atomic E-state index is 0.114. The second-order valence-electron chi connectivity index (χ2n) is 9.77. The molecule has 0 unspecified atom stereocenters. The molecule has 204 valence electrons. The predicted octanol–water partition coefficient (Wildman–Crippen LogP) is 7.59. The first-order chi connectivity index (χ1) is 18.2. The van der Waals surface area contributed by atoms with Crippen LogP contribution in [0.25, 0.3) is 11.0 Å². The van der Waals surface area contributed by atoms with E-state index in [4.69, 9.17) is 23.2 Å². The van der Waals surface area contributed by atoms with Crippen LogP contribution in [0, 0.1) is 6.92 Å². The summed E-state index contributed by atoms with van der Waals surface area (Å²) in [6, 6.07) is 12.6. The number of aromatic nitrogens is 2. The lowest BCUT2D eigenvalue weighted by atomic mass is 9.96. The lowest BCUT2D eigenvalue weighted by Gasteiger charge is -2.21. The summed E-state index contributed by atoms with van der Waals surface area (Å²) in [6.07, 6.45) is -4.72. The molecular formula is C28H25Cl2F3N4O2. The van der Waals surface area contributed by atoms with Crippen molar-refractivity contribution in [3.63, 3.8) is 0 Å². The second kappa shape index (κ2) is 10.5. The van der Waals surface area contributed by atoms with Crippen molar-refractivity contribution in [2.75, 3.05) is 23.1 Å². The molecule has 2 amide bonds. The van der Waals surface area contributed by atoms with Gasteiger partial charge in [0.05, 0.1) is 22.2 Å². The largest absolute Gasteiger partial charge is 0.417 e. The highest BCUT2D eigenvalue weighted by Crippen LogP contribution is 2.34. The maximum atomic E-state index is 13.8. The van der Waals surface area contributed by atoms with Gasteiger partial charge in [-0.1, -0.05) is 43.6 Å². The number of hydrogen-bond acceptors (Lipinski definition) is 3. The molecule has 0 fully saturated rings. The Hall–Kier alpha value is -3.56. The number of benzene rings is 3. The van der Waals surface area contributed by atoms with Gasteiger partial charge in [-0.3, -0.25) is 9.59 Å². The van der Waals surface area contributed by atoms with E-state index in [1.54, 1.807) is 32.2 Å². The quantitative estimate of drug-likeness (QED) is 0.232. The van der Waals surface area contributed by atoms with Crippen LogP contribution in [-0.2, 0) is 11.6 Å². The molecule has 1 aromatic heterocycles. The zero-order valence-electron chi connectivity index (χ0n) is 21.5. The molecule has 0 bridgehead atoms. The molecule has 0 atom stereocenters. The molecular weight excluding hydrogens is 552 g/mol. The van der Waals surface area contributed by atoms with Gasteiger partial charge >= 0.3 is 6.18 Å². The molecule has 0 aliphatic heterocycles. The molecule has 11 heteroatoms.